The molecule has 1 unspecified atom stereocenters. The lowest BCUT2D eigenvalue weighted by atomic mass is 10.2. The lowest BCUT2D eigenvalue weighted by Gasteiger charge is -2.07. The smallest absolute Gasteiger partial charge is 0.239 e. The fraction of sp³-hybridized carbons (Fsp3) is 0.200. The summed E-state index contributed by atoms with van der Waals surface area (Å²) in [4.78, 5) is 16.7. The highest BCUT2D eigenvalue weighted by Crippen LogP contribution is 2.28. The van der Waals surface area contributed by atoms with Gasteiger partial charge in [0.05, 0.1) is 10.9 Å². The van der Waals surface area contributed by atoms with Gasteiger partial charge in [-0.05, 0) is 13.8 Å². The number of nitrogens with one attached hydrogen (secondary N) is 1. The molecule has 2 heterocycles. The van der Waals surface area contributed by atoms with E-state index in [1.165, 1.54) is 34.4 Å². The first kappa shape index (κ1) is 16.1. The van der Waals surface area contributed by atoms with Gasteiger partial charge in [0.25, 0.3) is 0 Å². The summed E-state index contributed by atoms with van der Waals surface area (Å²) in [5, 5.41) is 14.0. The molecule has 1 N–H and O–H groups in total. The van der Waals surface area contributed by atoms with E-state index in [2.05, 4.69) is 20.5 Å². The van der Waals surface area contributed by atoms with Crippen LogP contribution < -0.4 is 5.32 Å². The van der Waals surface area contributed by atoms with Crippen molar-refractivity contribution in [2.24, 2.45) is 0 Å². The molecule has 5 nitrogen and oxygen atoms in total. The van der Waals surface area contributed by atoms with Crippen molar-refractivity contribution in [3.8, 4) is 11.3 Å². The fourth-order valence-corrected chi connectivity index (χ4v) is 4.49. The molecule has 1 aromatic carbocycles. The van der Waals surface area contributed by atoms with Crippen LogP contribution in [0.25, 0.3) is 11.3 Å². The predicted molar refractivity (Wildman–Crippen MR) is 96.1 cm³/mol. The van der Waals surface area contributed by atoms with Gasteiger partial charge in [0.2, 0.25) is 5.91 Å². The Kier molecular flexibility index (Phi) is 5.04. The largest absolute Gasteiger partial charge is 0.301 e. The highest BCUT2D eigenvalue weighted by atomic mass is 32.2. The third kappa shape index (κ3) is 4.15. The Hall–Kier alpha value is -1.77. The van der Waals surface area contributed by atoms with Crippen LogP contribution >= 0.6 is 34.4 Å². The van der Waals surface area contributed by atoms with Crippen LogP contribution in [0.4, 0.5) is 5.13 Å². The molecule has 0 aliphatic carbocycles. The van der Waals surface area contributed by atoms with Crippen LogP contribution in [-0.4, -0.2) is 26.3 Å². The van der Waals surface area contributed by atoms with Crippen molar-refractivity contribution in [2.75, 3.05) is 5.32 Å². The van der Waals surface area contributed by atoms with E-state index in [1.54, 1.807) is 0 Å². The number of amides is 1. The second kappa shape index (κ2) is 7.20. The van der Waals surface area contributed by atoms with Crippen LogP contribution in [-0.2, 0) is 4.79 Å². The SMILES string of the molecule is Cc1nnc(SC(C)C(=O)Nc2nc(-c3ccccc3)cs2)s1. The van der Waals surface area contributed by atoms with E-state index >= 15 is 0 Å². The summed E-state index contributed by atoms with van der Waals surface area (Å²) >= 11 is 4.32. The first-order valence-electron chi connectivity index (χ1n) is 6.90. The maximum absolute atomic E-state index is 12.3. The zero-order valence-electron chi connectivity index (χ0n) is 12.5. The van der Waals surface area contributed by atoms with E-state index in [1.807, 2.05) is 49.6 Å². The first-order chi connectivity index (χ1) is 11.1. The number of thiazole rings is 1. The molecule has 1 atom stereocenters. The molecule has 23 heavy (non-hydrogen) atoms. The van der Waals surface area contributed by atoms with Gasteiger partial charge >= 0.3 is 0 Å². The lowest BCUT2D eigenvalue weighted by molar-refractivity contribution is -0.115. The van der Waals surface area contributed by atoms with Gasteiger partial charge in [-0.15, -0.1) is 21.5 Å². The van der Waals surface area contributed by atoms with Gasteiger partial charge in [-0.2, -0.15) is 0 Å². The van der Waals surface area contributed by atoms with E-state index in [9.17, 15) is 4.79 Å². The van der Waals surface area contributed by atoms with Gasteiger partial charge < -0.3 is 5.32 Å². The van der Waals surface area contributed by atoms with Crippen LogP contribution in [0, 0.1) is 6.92 Å². The average Bonchev–Trinajstić information content (AvgIpc) is 3.17. The zero-order chi connectivity index (χ0) is 16.2. The molecular formula is C15H14N4OS3. The van der Waals surface area contributed by atoms with Crippen LogP contribution in [0.1, 0.15) is 11.9 Å². The Morgan fingerprint density at radius 1 is 1.26 bits per heavy atom. The number of hydrogen-bond donors (Lipinski definition) is 1. The highest BCUT2D eigenvalue weighted by molar-refractivity contribution is 8.02. The minimum Gasteiger partial charge on any atom is -0.301 e. The molecule has 0 saturated carbocycles. The number of aryl methyl sites for hydroxylation is 1. The molecule has 1 amide bonds. The predicted octanol–water partition coefficient (Wildman–Crippen LogP) is 4.09. The molecule has 0 fully saturated rings. The molecule has 0 radical (unpaired) electrons. The Labute approximate surface area is 146 Å². The van der Waals surface area contributed by atoms with Gasteiger partial charge in [0, 0.05) is 10.9 Å². The Morgan fingerprint density at radius 2 is 2.04 bits per heavy atom. The quantitative estimate of drug-likeness (QED) is 0.693. The minimum atomic E-state index is -0.258. The number of anilines is 1. The summed E-state index contributed by atoms with van der Waals surface area (Å²) in [7, 11) is 0. The number of rotatable bonds is 5. The second-order valence-electron chi connectivity index (χ2n) is 4.74. The summed E-state index contributed by atoms with van der Waals surface area (Å²) in [6.07, 6.45) is 0. The van der Waals surface area contributed by atoms with Crippen LogP contribution in [0.2, 0.25) is 0 Å². The number of thioether (sulfide) groups is 1. The number of aromatic nitrogens is 3. The van der Waals surface area contributed by atoms with E-state index in [0.29, 0.717) is 5.13 Å². The molecule has 8 heteroatoms. The number of carbonyl (C=O) groups is 1. The van der Waals surface area contributed by atoms with Crippen molar-refractivity contribution in [1.29, 1.82) is 0 Å². The molecule has 0 bridgehead atoms. The maximum atomic E-state index is 12.3. The van der Waals surface area contributed by atoms with E-state index in [4.69, 9.17) is 0 Å². The van der Waals surface area contributed by atoms with Crippen LogP contribution in [0.15, 0.2) is 40.1 Å². The zero-order valence-corrected chi connectivity index (χ0v) is 15.0. The van der Waals surface area contributed by atoms with Crippen molar-refractivity contribution in [1.82, 2.24) is 15.2 Å². The molecule has 0 aliphatic rings. The number of benzene rings is 1. The monoisotopic (exact) mass is 362 g/mol. The lowest BCUT2D eigenvalue weighted by Crippen LogP contribution is -2.22. The van der Waals surface area contributed by atoms with Crippen molar-refractivity contribution in [2.45, 2.75) is 23.4 Å². The summed E-state index contributed by atoms with van der Waals surface area (Å²) in [5.41, 5.74) is 1.90. The third-order valence-electron chi connectivity index (χ3n) is 2.96. The molecule has 0 aliphatic heterocycles. The molecule has 0 saturated heterocycles. The summed E-state index contributed by atoms with van der Waals surface area (Å²) in [5.74, 6) is -0.0863. The van der Waals surface area contributed by atoms with Gasteiger partial charge in [0.15, 0.2) is 9.47 Å². The van der Waals surface area contributed by atoms with Crippen LogP contribution in [0.5, 0.6) is 0 Å². The Bertz CT molecular complexity index is 800. The van der Waals surface area contributed by atoms with Crippen molar-refractivity contribution in [3.05, 3.63) is 40.7 Å². The average molecular weight is 363 g/mol. The van der Waals surface area contributed by atoms with Gasteiger partial charge in [0.1, 0.15) is 5.01 Å². The standard InChI is InChI=1S/C15H14N4OS3/c1-9(22-15-19-18-10(2)23-15)13(20)17-14-16-12(8-21-14)11-6-4-3-5-7-11/h3-9H,1-2H3,(H,16,17,20). The number of carbonyl (C=O) groups excluding carboxylic acids is 1. The molecule has 2 aromatic heterocycles. The van der Waals surface area contributed by atoms with E-state index in [-0.39, 0.29) is 11.2 Å². The molecule has 3 aromatic rings. The minimum absolute atomic E-state index is 0.0863. The summed E-state index contributed by atoms with van der Waals surface area (Å²) < 4.78 is 0.800. The topological polar surface area (TPSA) is 67.8 Å². The maximum Gasteiger partial charge on any atom is 0.239 e. The Morgan fingerprint density at radius 3 is 2.74 bits per heavy atom. The normalized spacial score (nSPS) is 12.1. The van der Waals surface area contributed by atoms with E-state index < -0.39 is 0 Å². The first-order valence-corrected chi connectivity index (χ1v) is 9.48. The van der Waals surface area contributed by atoms with Gasteiger partial charge in [-0.3, -0.25) is 4.79 Å². The summed E-state index contributed by atoms with van der Waals surface area (Å²) in [6, 6.07) is 9.89. The molecule has 0 spiro atoms. The van der Waals surface area contributed by atoms with Gasteiger partial charge in [-0.25, -0.2) is 4.98 Å². The third-order valence-corrected chi connectivity index (χ3v) is 5.74. The van der Waals surface area contributed by atoms with E-state index in [0.717, 1.165) is 20.6 Å². The fourth-order valence-electron chi connectivity index (χ4n) is 1.81. The number of hydrogen-bond acceptors (Lipinski definition) is 7. The van der Waals surface area contributed by atoms with Crippen molar-refractivity contribution >= 4 is 45.5 Å². The van der Waals surface area contributed by atoms with Gasteiger partial charge in [-0.1, -0.05) is 53.4 Å². The Balaban J connectivity index is 1.63. The molecule has 3 rings (SSSR count). The van der Waals surface area contributed by atoms with Crippen molar-refractivity contribution < 1.29 is 4.79 Å². The van der Waals surface area contributed by atoms with Crippen LogP contribution in [0.3, 0.4) is 0 Å². The molecule has 118 valence electrons. The summed E-state index contributed by atoms with van der Waals surface area (Å²) in [6.45, 7) is 3.75. The van der Waals surface area contributed by atoms with Crippen molar-refractivity contribution in [3.63, 3.8) is 0 Å². The second-order valence-corrected chi connectivity index (χ2v) is 8.37. The molecular weight excluding hydrogens is 348 g/mol. The highest BCUT2D eigenvalue weighted by Gasteiger charge is 2.18. The number of nitrogens with zero attached hydrogens (tertiary/aromatic N) is 3.